The van der Waals surface area contributed by atoms with Crippen LogP contribution in [-0.2, 0) is 25.9 Å². The maximum atomic E-state index is 5.24. The number of aromatic nitrogens is 3. The van der Waals surface area contributed by atoms with Crippen LogP contribution in [0.2, 0.25) is 0 Å². The van der Waals surface area contributed by atoms with E-state index < -0.39 is 0 Å². The molecule has 158 valence electrons. The lowest BCUT2D eigenvalue weighted by Gasteiger charge is -2.22. The van der Waals surface area contributed by atoms with Gasteiger partial charge in [0, 0.05) is 46.1 Å². The molecule has 2 aromatic rings. The van der Waals surface area contributed by atoms with Crippen LogP contribution in [0, 0.1) is 0 Å². The van der Waals surface area contributed by atoms with Crippen molar-refractivity contribution in [1.82, 2.24) is 25.0 Å². The van der Waals surface area contributed by atoms with Crippen molar-refractivity contribution in [2.45, 2.75) is 58.5 Å². The van der Waals surface area contributed by atoms with Gasteiger partial charge in [-0.2, -0.15) is 0 Å². The number of nitrogens with zero attached hydrogens (tertiary/aromatic N) is 5. The topological polar surface area (TPSA) is 67.6 Å². The molecule has 0 saturated carbocycles. The number of guanidine groups is 1. The van der Waals surface area contributed by atoms with Gasteiger partial charge in [0.2, 0.25) is 0 Å². The van der Waals surface area contributed by atoms with E-state index in [1.54, 1.807) is 7.11 Å². The first-order chi connectivity index (χ1) is 14.2. The van der Waals surface area contributed by atoms with E-state index in [-0.39, 0.29) is 0 Å². The Hall–Kier alpha value is -2.57. The number of benzene rings is 1. The molecule has 0 saturated heterocycles. The van der Waals surface area contributed by atoms with Crippen molar-refractivity contribution < 1.29 is 4.74 Å². The highest BCUT2D eigenvalue weighted by molar-refractivity contribution is 5.79. The predicted molar refractivity (Wildman–Crippen MR) is 116 cm³/mol. The molecule has 0 spiro atoms. The Kier molecular flexibility index (Phi) is 7.90. The monoisotopic (exact) mass is 398 g/mol. The van der Waals surface area contributed by atoms with Crippen LogP contribution < -0.4 is 10.1 Å². The molecule has 1 aliphatic heterocycles. The third-order valence-electron chi connectivity index (χ3n) is 5.28. The molecule has 0 atom stereocenters. The summed E-state index contributed by atoms with van der Waals surface area (Å²) in [5, 5.41) is 12.2. The molecule has 1 aliphatic rings. The predicted octanol–water partition coefficient (Wildman–Crippen LogP) is 3.04. The average Bonchev–Trinajstić information content (AvgIpc) is 2.96. The van der Waals surface area contributed by atoms with E-state index in [0.29, 0.717) is 0 Å². The number of nitrogens with one attached hydrogen (secondary N) is 1. The van der Waals surface area contributed by atoms with E-state index in [9.17, 15) is 0 Å². The van der Waals surface area contributed by atoms with Gasteiger partial charge in [-0.15, -0.1) is 10.2 Å². The fourth-order valence-electron chi connectivity index (χ4n) is 3.70. The third-order valence-corrected chi connectivity index (χ3v) is 5.28. The van der Waals surface area contributed by atoms with E-state index in [1.807, 2.05) is 12.1 Å². The summed E-state index contributed by atoms with van der Waals surface area (Å²) in [5.41, 5.74) is 1.23. The second-order valence-electron chi connectivity index (χ2n) is 7.54. The summed E-state index contributed by atoms with van der Waals surface area (Å²) in [6.07, 6.45) is 6.72. The van der Waals surface area contributed by atoms with E-state index in [1.165, 1.54) is 24.8 Å². The standard InChI is InChI=1S/C22H34N6O/c1-4-23-22(27(2)17-18-11-13-19(29-3)14-12-18)24-15-8-10-21-26-25-20-9-6-5-7-16-28(20)21/h11-14H,4-10,15-17H2,1-3H3,(H,23,24). The normalized spacial score (nSPS) is 14.2. The van der Waals surface area contributed by atoms with Crippen molar-refractivity contribution in [2.24, 2.45) is 4.99 Å². The molecule has 3 rings (SSSR count). The molecule has 0 fully saturated rings. The molecule has 0 bridgehead atoms. The van der Waals surface area contributed by atoms with Crippen molar-refractivity contribution in [3.63, 3.8) is 0 Å². The molecule has 0 unspecified atom stereocenters. The Morgan fingerprint density at radius 1 is 1.21 bits per heavy atom. The van der Waals surface area contributed by atoms with E-state index in [4.69, 9.17) is 9.73 Å². The summed E-state index contributed by atoms with van der Waals surface area (Å²) >= 11 is 0. The van der Waals surface area contributed by atoms with Crippen LogP contribution in [0.5, 0.6) is 5.75 Å². The summed E-state index contributed by atoms with van der Waals surface area (Å²) < 4.78 is 7.57. The van der Waals surface area contributed by atoms with E-state index >= 15 is 0 Å². The number of aliphatic imine (C=N–C) groups is 1. The first-order valence-electron chi connectivity index (χ1n) is 10.7. The maximum Gasteiger partial charge on any atom is 0.193 e. The zero-order valence-corrected chi connectivity index (χ0v) is 18.0. The van der Waals surface area contributed by atoms with E-state index in [2.05, 4.69) is 51.1 Å². The van der Waals surface area contributed by atoms with Crippen LogP contribution in [0.1, 0.15) is 49.8 Å². The fraction of sp³-hybridized carbons (Fsp3) is 0.591. The molecule has 7 nitrogen and oxygen atoms in total. The number of methoxy groups -OCH3 is 1. The number of hydrogen-bond donors (Lipinski definition) is 1. The fourth-order valence-corrected chi connectivity index (χ4v) is 3.70. The Morgan fingerprint density at radius 2 is 2.03 bits per heavy atom. The molecule has 0 amide bonds. The molecule has 7 heteroatoms. The van der Waals surface area contributed by atoms with E-state index in [0.717, 1.165) is 68.8 Å². The zero-order chi connectivity index (χ0) is 20.5. The van der Waals surface area contributed by atoms with Gasteiger partial charge in [-0.05, 0) is 43.9 Å². The number of hydrogen-bond acceptors (Lipinski definition) is 4. The quantitative estimate of drug-likeness (QED) is 0.421. The van der Waals surface area contributed by atoms with Gasteiger partial charge in [0.1, 0.15) is 17.4 Å². The highest BCUT2D eigenvalue weighted by Crippen LogP contribution is 2.15. The average molecular weight is 399 g/mol. The molecule has 2 heterocycles. The van der Waals surface area contributed by atoms with Crippen LogP contribution in [-0.4, -0.2) is 52.9 Å². The number of fused-ring (bicyclic) bond motifs is 1. The van der Waals surface area contributed by atoms with Crippen molar-refractivity contribution in [3.8, 4) is 5.75 Å². The lowest BCUT2D eigenvalue weighted by atomic mass is 10.2. The van der Waals surface area contributed by atoms with Gasteiger partial charge in [0.15, 0.2) is 5.96 Å². The van der Waals surface area contributed by atoms with Gasteiger partial charge < -0.3 is 19.5 Å². The third kappa shape index (κ3) is 5.95. The lowest BCUT2D eigenvalue weighted by Crippen LogP contribution is -2.38. The first kappa shape index (κ1) is 21.1. The van der Waals surface area contributed by atoms with Crippen molar-refractivity contribution in [2.75, 3.05) is 27.2 Å². The summed E-state index contributed by atoms with van der Waals surface area (Å²) in [5.74, 6) is 4.09. The molecule has 29 heavy (non-hydrogen) atoms. The minimum atomic E-state index is 0.775. The van der Waals surface area contributed by atoms with Crippen LogP contribution in [0.25, 0.3) is 0 Å². The van der Waals surface area contributed by atoms with Gasteiger partial charge in [0.05, 0.1) is 7.11 Å². The summed E-state index contributed by atoms with van der Waals surface area (Å²) in [6.45, 7) is 5.59. The number of rotatable bonds is 8. The van der Waals surface area contributed by atoms with Gasteiger partial charge in [-0.1, -0.05) is 18.6 Å². The van der Waals surface area contributed by atoms with Gasteiger partial charge in [-0.25, -0.2) is 0 Å². The van der Waals surface area contributed by atoms with Crippen molar-refractivity contribution >= 4 is 5.96 Å². The second-order valence-corrected chi connectivity index (χ2v) is 7.54. The lowest BCUT2D eigenvalue weighted by molar-refractivity contribution is 0.414. The molecule has 0 radical (unpaired) electrons. The minimum absolute atomic E-state index is 0.775. The highest BCUT2D eigenvalue weighted by atomic mass is 16.5. The molecule has 1 aromatic heterocycles. The smallest absolute Gasteiger partial charge is 0.193 e. The van der Waals surface area contributed by atoms with Crippen LogP contribution in [0.15, 0.2) is 29.3 Å². The first-order valence-corrected chi connectivity index (χ1v) is 10.7. The molecular formula is C22H34N6O. The molecule has 1 N–H and O–H groups in total. The molecule has 1 aromatic carbocycles. The van der Waals surface area contributed by atoms with Crippen LogP contribution in [0.4, 0.5) is 0 Å². The van der Waals surface area contributed by atoms with Crippen molar-refractivity contribution in [3.05, 3.63) is 41.5 Å². The van der Waals surface area contributed by atoms with Gasteiger partial charge in [0.25, 0.3) is 0 Å². The summed E-state index contributed by atoms with van der Waals surface area (Å²) in [6, 6.07) is 8.18. The Morgan fingerprint density at radius 3 is 2.79 bits per heavy atom. The van der Waals surface area contributed by atoms with Crippen LogP contribution >= 0.6 is 0 Å². The Bertz CT molecular complexity index is 783. The number of aryl methyl sites for hydroxylation is 2. The van der Waals surface area contributed by atoms with Gasteiger partial charge >= 0.3 is 0 Å². The highest BCUT2D eigenvalue weighted by Gasteiger charge is 2.14. The SMILES string of the molecule is CCNC(=NCCCc1nnc2n1CCCCC2)N(C)Cc1ccc(OC)cc1. The maximum absolute atomic E-state index is 5.24. The largest absolute Gasteiger partial charge is 0.497 e. The second kappa shape index (κ2) is 10.8. The molecule has 0 aliphatic carbocycles. The summed E-state index contributed by atoms with van der Waals surface area (Å²) in [4.78, 5) is 6.98. The minimum Gasteiger partial charge on any atom is -0.497 e. The molecular weight excluding hydrogens is 364 g/mol. The summed E-state index contributed by atoms with van der Waals surface area (Å²) in [7, 11) is 3.76. The number of ether oxygens (including phenoxy) is 1. The van der Waals surface area contributed by atoms with Crippen LogP contribution in [0.3, 0.4) is 0 Å². The Labute approximate surface area is 174 Å². The zero-order valence-electron chi connectivity index (χ0n) is 18.0. The van der Waals surface area contributed by atoms with Gasteiger partial charge in [-0.3, -0.25) is 4.99 Å². The van der Waals surface area contributed by atoms with Crippen molar-refractivity contribution in [1.29, 1.82) is 0 Å². The Balaban J connectivity index is 1.54.